The SMILES string of the molecule is Cc1c2ccoc2c2ccc3c4ccccc4n4c5ccc[n+](C)c5c1c2c34. The van der Waals surface area contributed by atoms with E-state index in [0.717, 1.165) is 5.58 Å². The van der Waals surface area contributed by atoms with Crippen LogP contribution in [0.4, 0.5) is 0 Å². The van der Waals surface area contributed by atoms with Crippen molar-refractivity contribution in [3.63, 3.8) is 0 Å². The Balaban J connectivity index is 2.04. The lowest BCUT2D eigenvalue weighted by Crippen LogP contribution is -2.29. The van der Waals surface area contributed by atoms with Gasteiger partial charge >= 0.3 is 0 Å². The van der Waals surface area contributed by atoms with Crippen molar-refractivity contribution in [2.75, 3.05) is 0 Å². The van der Waals surface area contributed by atoms with E-state index < -0.39 is 0 Å². The molecule has 0 spiro atoms. The van der Waals surface area contributed by atoms with Gasteiger partial charge in [-0.15, -0.1) is 0 Å². The highest BCUT2D eigenvalue weighted by Crippen LogP contribution is 2.44. The van der Waals surface area contributed by atoms with Crippen LogP contribution in [-0.2, 0) is 7.05 Å². The van der Waals surface area contributed by atoms with Gasteiger partial charge in [0.05, 0.1) is 22.7 Å². The fourth-order valence-corrected chi connectivity index (χ4v) is 5.26. The van der Waals surface area contributed by atoms with Gasteiger partial charge in [-0.2, -0.15) is 4.57 Å². The minimum atomic E-state index is 0.983. The highest BCUT2D eigenvalue weighted by molar-refractivity contribution is 6.32. The molecule has 4 heterocycles. The highest BCUT2D eigenvalue weighted by Gasteiger charge is 2.25. The predicted molar refractivity (Wildman–Crippen MR) is 114 cm³/mol. The molecule has 3 aromatic carbocycles. The number of nitrogens with zero attached hydrogens (tertiary/aromatic N) is 2. The average Bonchev–Trinajstić information content (AvgIpc) is 3.33. The first-order valence-electron chi connectivity index (χ1n) is 9.61. The van der Waals surface area contributed by atoms with Crippen molar-refractivity contribution >= 4 is 60.0 Å². The summed E-state index contributed by atoms with van der Waals surface area (Å²) < 4.78 is 10.6. The summed E-state index contributed by atoms with van der Waals surface area (Å²) in [5.41, 5.74) is 7.30. The number of para-hydroxylation sites is 1. The summed E-state index contributed by atoms with van der Waals surface area (Å²) in [6.45, 7) is 2.22. The molecular formula is C25H17N2O+. The van der Waals surface area contributed by atoms with Crippen LogP contribution in [-0.4, -0.2) is 4.40 Å². The Bertz CT molecular complexity index is 1730. The molecule has 3 nitrogen and oxygen atoms in total. The number of furan rings is 1. The Labute approximate surface area is 160 Å². The molecule has 4 aromatic heterocycles. The standard InChI is InChI=1S/C25H17N2O/c1-14-15-11-13-28-25(15)18-10-9-17-16-6-3-4-7-19(16)27-20-8-5-12-26(2)24(20)21(14)22(18)23(17)27/h3-13H,1-2H3/q+1. The maximum Gasteiger partial charge on any atom is 0.237 e. The van der Waals surface area contributed by atoms with Gasteiger partial charge < -0.3 is 8.82 Å². The molecule has 0 aliphatic rings. The molecule has 0 N–H and O–H groups in total. The normalized spacial score (nSPS) is 12.6. The van der Waals surface area contributed by atoms with E-state index in [1.165, 1.54) is 59.9 Å². The minimum Gasteiger partial charge on any atom is -0.464 e. The van der Waals surface area contributed by atoms with Gasteiger partial charge in [-0.25, -0.2) is 0 Å². The predicted octanol–water partition coefficient (Wildman–Crippen LogP) is 5.87. The highest BCUT2D eigenvalue weighted by atomic mass is 16.3. The first-order chi connectivity index (χ1) is 13.8. The second-order valence-electron chi connectivity index (χ2n) is 7.75. The van der Waals surface area contributed by atoms with Crippen LogP contribution in [0.15, 0.2) is 71.5 Å². The van der Waals surface area contributed by atoms with Gasteiger partial charge in [-0.1, -0.05) is 24.3 Å². The van der Waals surface area contributed by atoms with E-state index in [2.05, 4.69) is 83.7 Å². The largest absolute Gasteiger partial charge is 0.464 e. The van der Waals surface area contributed by atoms with Crippen LogP contribution in [0.5, 0.6) is 0 Å². The molecule has 0 unspecified atom stereocenters. The lowest BCUT2D eigenvalue weighted by molar-refractivity contribution is -0.644. The second kappa shape index (κ2) is 4.63. The van der Waals surface area contributed by atoms with Crippen LogP contribution in [0.2, 0.25) is 0 Å². The Morgan fingerprint density at radius 3 is 2.54 bits per heavy atom. The van der Waals surface area contributed by atoms with Crippen molar-refractivity contribution in [2.24, 2.45) is 7.05 Å². The molecule has 3 heteroatoms. The van der Waals surface area contributed by atoms with Gasteiger partial charge in [0, 0.05) is 33.0 Å². The number of aromatic nitrogens is 2. The summed E-state index contributed by atoms with van der Waals surface area (Å²) in [4.78, 5) is 0. The minimum absolute atomic E-state index is 0.983. The maximum atomic E-state index is 5.96. The Kier molecular flexibility index (Phi) is 2.39. The molecule has 7 aromatic rings. The molecule has 0 radical (unpaired) electrons. The van der Waals surface area contributed by atoms with Gasteiger partial charge in [-0.05, 0) is 36.8 Å². The van der Waals surface area contributed by atoms with Gasteiger partial charge in [0.15, 0.2) is 6.20 Å². The van der Waals surface area contributed by atoms with E-state index in [1.54, 1.807) is 0 Å². The van der Waals surface area contributed by atoms with Crippen LogP contribution in [0.1, 0.15) is 5.56 Å². The zero-order chi connectivity index (χ0) is 18.6. The zero-order valence-electron chi connectivity index (χ0n) is 15.7. The lowest BCUT2D eigenvalue weighted by Gasteiger charge is -2.13. The molecule has 0 fully saturated rings. The van der Waals surface area contributed by atoms with Crippen molar-refractivity contribution in [1.82, 2.24) is 4.40 Å². The van der Waals surface area contributed by atoms with E-state index >= 15 is 0 Å². The maximum absolute atomic E-state index is 5.96. The third-order valence-electron chi connectivity index (χ3n) is 6.41. The van der Waals surface area contributed by atoms with E-state index in [-0.39, 0.29) is 0 Å². The molecule has 7 rings (SSSR count). The van der Waals surface area contributed by atoms with Crippen molar-refractivity contribution < 1.29 is 8.98 Å². The Hall–Kier alpha value is -3.59. The Morgan fingerprint density at radius 1 is 0.786 bits per heavy atom. The topological polar surface area (TPSA) is 21.4 Å². The zero-order valence-corrected chi connectivity index (χ0v) is 15.7. The van der Waals surface area contributed by atoms with Gasteiger partial charge in [0.25, 0.3) is 0 Å². The molecule has 28 heavy (non-hydrogen) atoms. The number of rotatable bonds is 0. The molecule has 132 valence electrons. The first kappa shape index (κ1) is 14.5. The van der Waals surface area contributed by atoms with E-state index in [9.17, 15) is 0 Å². The summed E-state index contributed by atoms with van der Waals surface area (Å²) in [5, 5.41) is 7.59. The molecular weight excluding hydrogens is 344 g/mol. The van der Waals surface area contributed by atoms with Crippen molar-refractivity contribution in [3.05, 3.63) is 72.6 Å². The molecule has 0 aliphatic carbocycles. The molecule has 0 saturated heterocycles. The number of pyridine rings is 2. The number of fused-ring (bicyclic) bond motifs is 8. The van der Waals surface area contributed by atoms with E-state index in [1.807, 2.05) is 6.26 Å². The van der Waals surface area contributed by atoms with E-state index in [4.69, 9.17) is 4.42 Å². The number of hydrogen-bond donors (Lipinski definition) is 0. The van der Waals surface area contributed by atoms with Gasteiger partial charge in [0.2, 0.25) is 5.52 Å². The number of aryl methyl sites for hydroxylation is 2. The first-order valence-corrected chi connectivity index (χ1v) is 9.61. The van der Waals surface area contributed by atoms with E-state index in [0.29, 0.717) is 0 Å². The molecule has 0 atom stereocenters. The quantitative estimate of drug-likeness (QED) is 0.188. The molecule has 0 saturated carbocycles. The monoisotopic (exact) mass is 361 g/mol. The number of benzene rings is 3. The summed E-state index contributed by atoms with van der Waals surface area (Å²) in [7, 11) is 2.14. The molecule has 0 aliphatic heterocycles. The Morgan fingerprint density at radius 2 is 1.61 bits per heavy atom. The van der Waals surface area contributed by atoms with Gasteiger partial charge in [-0.3, -0.25) is 0 Å². The summed E-state index contributed by atoms with van der Waals surface area (Å²) >= 11 is 0. The van der Waals surface area contributed by atoms with Crippen LogP contribution in [0, 0.1) is 6.92 Å². The fraction of sp³-hybridized carbons (Fsp3) is 0.0800. The van der Waals surface area contributed by atoms with Crippen molar-refractivity contribution in [2.45, 2.75) is 6.92 Å². The summed E-state index contributed by atoms with van der Waals surface area (Å²) in [6.07, 6.45) is 3.95. The lowest BCUT2D eigenvalue weighted by atomic mass is 9.94. The summed E-state index contributed by atoms with van der Waals surface area (Å²) in [6, 6.07) is 19.7. The van der Waals surface area contributed by atoms with Crippen LogP contribution < -0.4 is 4.57 Å². The summed E-state index contributed by atoms with van der Waals surface area (Å²) in [5.74, 6) is 0. The third-order valence-corrected chi connectivity index (χ3v) is 6.41. The van der Waals surface area contributed by atoms with Gasteiger partial charge in [0.1, 0.15) is 18.1 Å². The van der Waals surface area contributed by atoms with Crippen molar-refractivity contribution in [3.8, 4) is 0 Å². The molecule has 0 bridgehead atoms. The second-order valence-corrected chi connectivity index (χ2v) is 7.75. The number of hydrogen-bond acceptors (Lipinski definition) is 1. The van der Waals surface area contributed by atoms with Crippen molar-refractivity contribution in [1.29, 1.82) is 0 Å². The third kappa shape index (κ3) is 1.44. The van der Waals surface area contributed by atoms with Crippen LogP contribution in [0.3, 0.4) is 0 Å². The smallest absolute Gasteiger partial charge is 0.237 e. The van der Waals surface area contributed by atoms with Crippen LogP contribution >= 0.6 is 0 Å². The fourth-order valence-electron chi connectivity index (χ4n) is 5.26. The van der Waals surface area contributed by atoms with Crippen LogP contribution in [0.25, 0.3) is 60.0 Å². The molecule has 0 amide bonds. The average molecular weight is 361 g/mol.